The van der Waals surface area contributed by atoms with Gasteiger partial charge in [0, 0.05) is 17.6 Å². The lowest BCUT2D eigenvalue weighted by Crippen LogP contribution is -2.31. The average molecular weight is 326 g/mol. The molecule has 0 aromatic heterocycles. The van der Waals surface area contributed by atoms with Crippen molar-refractivity contribution in [2.75, 3.05) is 13.1 Å². The number of benzene rings is 1. The highest BCUT2D eigenvalue weighted by Crippen LogP contribution is 2.24. The van der Waals surface area contributed by atoms with Crippen molar-refractivity contribution in [3.05, 3.63) is 34.3 Å². The number of rotatable bonds is 3. The second kappa shape index (κ2) is 5.74. The summed E-state index contributed by atoms with van der Waals surface area (Å²) in [7, 11) is 0. The molecule has 2 unspecified atom stereocenters. The number of carbonyl (C=O) groups excluding carboxylic acids is 1. The molecule has 2 rings (SSSR count). The van der Waals surface area contributed by atoms with Crippen LogP contribution in [0.5, 0.6) is 0 Å². The van der Waals surface area contributed by atoms with Crippen molar-refractivity contribution in [2.24, 2.45) is 11.8 Å². The molecule has 1 fully saturated rings. The van der Waals surface area contributed by atoms with Crippen molar-refractivity contribution in [2.45, 2.75) is 13.3 Å². The molecule has 0 spiro atoms. The molecular formula is C14H16BrNO3. The molecule has 1 N–H and O–H groups in total. The van der Waals surface area contributed by atoms with E-state index in [0.29, 0.717) is 19.5 Å². The lowest BCUT2D eigenvalue weighted by Gasteiger charge is -2.16. The molecule has 1 heterocycles. The highest BCUT2D eigenvalue weighted by molar-refractivity contribution is 9.10. The SMILES string of the molecule is CC1CN(C(=O)Cc2cccc(Br)c2)CC1C(=O)O. The molecule has 2 atom stereocenters. The van der Waals surface area contributed by atoms with E-state index in [0.717, 1.165) is 10.0 Å². The van der Waals surface area contributed by atoms with E-state index in [1.54, 1.807) is 4.90 Å². The van der Waals surface area contributed by atoms with Gasteiger partial charge >= 0.3 is 5.97 Å². The third-order valence-corrected chi connectivity index (χ3v) is 4.02. The van der Waals surface area contributed by atoms with Crippen LogP contribution in [0.2, 0.25) is 0 Å². The van der Waals surface area contributed by atoms with E-state index >= 15 is 0 Å². The minimum atomic E-state index is -0.815. The molecule has 1 aliphatic heterocycles. The first kappa shape index (κ1) is 14.1. The Morgan fingerprint density at radius 3 is 2.74 bits per heavy atom. The van der Waals surface area contributed by atoms with Crippen molar-refractivity contribution in [1.82, 2.24) is 4.90 Å². The zero-order valence-electron chi connectivity index (χ0n) is 10.7. The monoisotopic (exact) mass is 325 g/mol. The third-order valence-electron chi connectivity index (χ3n) is 3.53. The number of carbonyl (C=O) groups is 2. The smallest absolute Gasteiger partial charge is 0.308 e. The van der Waals surface area contributed by atoms with Gasteiger partial charge in [0.15, 0.2) is 0 Å². The molecule has 102 valence electrons. The van der Waals surface area contributed by atoms with Crippen LogP contribution < -0.4 is 0 Å². The summed E-state index contributed by atoms with van der Waals surface area (Å²) < 4.78 is 0.941. The van der Waals surface area contributed by atoms with Crippen LogP contribution in [-0.2, 0) is 16.0 Å². The van der Waals surface area contributed by atoms with Crippen LogP contribution in [0, 0.1) is 11.8 Å². The Morgan fingerprint density at radius 2 is 2.16 bits per heavy atom. The van der Waals surface area contributed by atoms with E-state index in [1.807, 2.05) is 31.2 Å². The second-order valence-electron chi connectivity index (χ2n) is 5.03. The average Bonchev–Trinajstić information content (AvgIpc) is 2.71. The number of aliphatic carboxylic acids is 1. The van der Waals surface area contributed by atoms with Gasteiger partial charge in [0.25, 0.3) is 0 Å². The molecule has 1 aliphatic rings. The predicted octanol–water partition coefficient (Wildman–Crippen LogP) is 2.17. The normalized spacial score (nSPS) is 22.5. The fourth-order valence-corrected chi connectivity index (χ4v) is 2.87. The maximum absolute atomic E-state index is 12.2. The van der Waals surface area contributed by atoms with Gasteiger partial charge in [0.05, 0.1) is 12.3 Å². The van der Waals surface area contributed by atoms with Gasteiger partial charge in [-0.1, -0.05) is 35.0 Å². The number of carboxylic acid groups (broad SMARTS) is 1. The second-order valence-corrected chi connectivity index (χ2v) is 5.94. The summed E-state index contributed by atoms with van der Waals surface area (Å²) >= 11 is 3.37. The van der Waals surface area contributed by atoms with E-state index < -0.39 is 11.9 Å². The molecule has 0 saturated carbocycles. The number of likely N-dealkylation sites (tertiary alicyclic amines) is 1. The fourth-order valence-electron chi connectivity index (χ4n) is 2.43. The number of carboxylic acids is 1. The molecule has 1 aromatic carbocycles. The molecule has 1 amide bonds. The van der Waals surface area contributed by atoms with Gasteiger partial charge in [-0.2, -0.15) is 0 Å². The van der Waals surface area contributed by atoms with Crippen LogP contribution in [0.25, 0.3) is 0 Å². The molecule has 0 aliphatic carbocycles. The number of hydrogen-bond acceptors (Lipinski definition) is 2. The topological polar surface area (TPSA) is 57.6 Å². The third kappa shape index (κ3) is 3.35. The number of amides is 1. The molecule has 1 saturated heterocycles. The summed E-state index contributed by atoms with van der Waals surface area (Å²) in [4.78, 5) is 24.9. The summed E-state index contributed by atoms with van der Waals surface area (Å²) in [6.07, 6.45) is 0.318. The van der Waals surface area contributed by atoms with Gasteiger partial charge in [-0.15, -0.1) is 0 Å². The van der Waals surface area contributed by atoms with Crippen LogP contribution in [0.3, 0.4) is 0 Å². The molecule has 5 heteroatoms. The van der Waals surface area contributed by atoms with Crippen LogP contribution in [0.15, 0.2) is 28.7 Å². The minimum Gasteiger partial charge on any atom is -0.481 e. The highest BCUT2D eigenvalue weighted by Gasteiger charge is 2.36. The Hall–Kier alpha value is -1.36. The standard InChI is InChI=1S/C14H16BrNO3/c1-9-7-16(8-12(9)14(18)19)13(17)6-10-3-2-4-11(15)5-10/h2-5,9,12H,6-8H2,1H3,(H,18,19). The van der Waals surface area contributed by atoms with Gasteiger partial charge in [-0.25, -0.2) is 0 Å². The summed E-state index contributed by atoms with van der Waals surface area (Å²) in [5.41, 5.74) is 0.936. The summed E-state index contributed by atoms with van der Waals surface area (Å²) in [5, 5.41) is 9.07. The molecular weight excluding hydrogens is 310 g/mol. The maximum atomic E-state index is 12.2. The van der Waals surface area contributed by atoms with Gasteiger partial charge in [0.1, 0.15) is 0 Å². The molecule has 19 heavy (non-hydrogen) atoms. The Morgan fingerprint density at radius 1 is 1.42 bits per heavy atom. The summed E-state index contributed by atoms with van der Waals surface area (Å²) in [6.45, 7) is 2.73. The highest BCUT2D eigenvalue weighted by atomic mass is 79.9. The largest absolute Gasteiger partial charge is 0.481 e. The van der Waals surface area contributed by atoms with Crippen LogP contribution in [-0.4, -0.2) is 35.0 Å². The maximum Gasteiger partial charge on any atom is 0.308 e. The van der Waals surface area contributed by atoms with E-state index in [-0.39, 0.29) is 11.8 Å². The quantitative estimate of drug-likeness (QED) is 0.926. The van der Waals surface area contributed by atoms with E-state index in [1.165, 1.54) is 0 Å². The van der Waals surface area contributed by atoms with E-state index in [2.05, 4.69) is 15.9 Å². The van der Waals surface area contributed by atoms with Gasteiger partial charge < -0.3 is 10.0 Å². The van der Waals surface area contributed by atoms with E-state index in [4.69, 9.17) is 5.11 Å². The Kier molecular flexibility index (Phi) is 4.24. The van der Waals surface area contributed by atoms with Crippen LogP contribution >= 0.6 is 15.9 Å². The molecule has 0 radical (unpaired) electrons. The molecule has 0 bridgehead atoms. The zero-order chi connectivity index (χ0) is 14.0. The first-order chi connectivity index (χ1) is 8.97. The Labute approximate surface area is 120 Å². The summed E-state index contributed by atoms with van der Waals surface area (Å²) in [6, 6.07) is 7.61. The lowest BCUT2D eigenvalue weighted by molar-refractivity contribution is -0.142. The predicted molar refractivity (Wildman–Crippen MR) is 74.7 cm³/mol. The first-order valence-corrected chi connectivity index (χ1v) is 7.01. The lowest BCUT2D eigenvalue weighted by atomic mass is 9.99. The fraction of sp³-hybridized carbons (Fsp3) is 0.429. The first-order valence-electron chi connectivity index (χ1n) is 6.22. The number of hydrogen-bond donors (Lipinski definition) is 1. The Bertz CT molecular complexity index is 503. The Balaban J connectivity index is 2.00. The summed E-state index contributed by atoms with van der Waals surface area (Å²) in [5.74, 6) is -1.24. The van der Waals surface area contributed by atoms with Gasteiger partial charge in [-0.05, 0) is 23.6 Å². The van der Waals surface area contributed by atoms with Crippen LogP contribution in [0.1, 0.15) is 12.5 Å². The number of nitrogens with zero attached hydrogens (tertiary/aromatic N) is 1. The van der Waals surface area contributed by atoms with Crippen molar-refractivity contribution in [3.63, 3.8) is 0 Å². The van der Waals surface area contributed by atoms with Crippen molar-refractivity contribution in [3.8, 4) is 0 Å². The van der Waals surface area contributed by atoms with Crippen molar-refractivity contribution < 1.29 is 14.7 Å². The van der Waals surface area contributed by atoms with Crippen molar-refractivity contribution in [1.29, 1.82) is 0 Å². The van der Waals surface area contributed by atoms with Crippen LogP contribution in [0.4, 0.5) is 0 Å². The molecule has 4 nitrogen and oxygen atoms in total. The van der Waals surface area contributed by atoms with Crippen molar-refractivity contribution >= 4 is 27.8 Å². The van der Waals surface area contributed by atoms with E-state index in [9.17, 15) is 9.59 Å². The molecule has 1 aromatic rings. The minimum absolute atomic E-state index is 0.00583. The zero-order valence-corrected chi connectivity index (χ0v) is 12.3. The van der Waals surface area contributed by atoms with Gasteiger partial charge in [-0.3, -0.25) is 9.59 Å². The van der Waals surface area contributed by atoms with Gasteiger partial charge in [0.2, 0.25) is 5.91 Å². The number of halogens is 1.